The molecule has 0 fully saturated rings. The first-order valence-electron chi connectivity index (χ1n) is 7.34. The lowest BCUT2D eigenvalue weighted by atomic mass is 10.1. The highest BCUT2D eigenvalue weighted by Crippen LogP contribution is 2.36. The first kappa shape index (κ1) is 13.2. The zero-order valence-electron chi connectivity index (χ0n) is 11.9. The van der Waals surface area contributed by atoms with Crippen LogP contribution in [0.4, 0.5) is 0 Å². The molecular weight excluding hydrogens is 246 g/mol. The van der Waals surface area contributed by atoms with E-state index in [-0.39, 0.29) is 0 Å². The van der Waals surface area contributed by atoms with E-state index >= 15 is 0 Å². The molecule has 20 heavy (non-hydrogen) atoms. The molecule has 2 nitrogen and oxygen atoms in total. The smallest absolute Gasteiger partial charge is 0.122 e. The van der Waals surface area contributed by atoms with Crippen molar-refractivity contribution in [1.29, 1.82) is 0 Å². The van der Waals surface area contributed by atoms with Crippen LogP contribution in [0.5, 0.6) is 5.75 Å². The van der Waals surface area contributed by atoms with Crippen LogP contribution in [0.2, 0.25) is 0 Å². The minimum atomic E-state index is 0.489. The molecular formula is C18H21NO. The summed E-state index contributed by atoms with van der Waals surface area (Å²) in [6.07, 6.45) is 3.24. The van der Waals surface area contributed by atoms with E-state index in [0.29, 0.717) is 6.04 Å². The van der Waals surface area contributed by atoms with Crippen LogP contribution >= 0.6 is 0 Å². The molecule has 0 radical (unpaired) electrons. The first-order chi connectivity index (χ1) is 9.88. The number of ether oxygens (including phenoxy) is 1. The molecule has 2 aromatic carbocycles. The average Bonchev–Trinajstić information content (AvgIpc) is 2.92. The Labute approximate surface area is 120 Å². The van der Waals surface area contributed by atoms with Gasteiger partial charge in [0.05, 0.1) is 6.61 Å². The molecule has 0 aliphatic heterocycles. The molecule has 104 valence electrons. The quantitative estimate of drug-likeness (QED) is 0.895. The Morgan fingerprint density at radius 1 is 1.10 bits per heavy atom. The highest BCUT2D eigenvalue weighted by atomic mass is 16.5. The predicted octanol–water partition coefficient (Wildman–Crippen LogP) is 3.51. The van der Waals surface area contributed by atoms with Crippen molar-refractivity contribution >= 4 is 0 Å². The second-order valence-corrected chi connectivity index (χ2v) is 5.29. The van der Waals surface area contributed by atoms with Crippen LogP contribution in [0.15, 0.2) is 48.5 Å². The van der Waals surface area contributed by atoms with Crippen molar-refractivity contribution in [3.63, 3.8) is 0 Å². The van der Waals surface area contributed by atoms with Gasteiger partial charge in [-0.3, -0.25) is 0 Å². The Balaban J connectivity index is 1.66. The highest BCUT2D eigenvalue weighted by Gasteiger charge is 2.23. The molecule has 0 heterocycles. The summed E-state index contributed by atoms with van der Waals surface area (Å²) in [5, 5.41) is 3.37. The summed E-state index contributed by atoms with van der Waals surface area (Å²) >= 11 is 0. The number of fused-ring (bicyclic) bond motifs is 1. The van der Waals surface area contributed by atoms with Crippen LogP contribution in [0.3, 0.4) is 0 Å². The molecule has 0 bridgehead atoms. The zero-order valence-corrected chi connectivity index (χ0v) is 11.9. The lowest BCUT2D eigenvalue weighted by molar-refractivity contribution is 0.319. The molecule has 2 heteroatoms. The Hall–Kier alpha value is -1.80. The third kappa shape index (κ3) is 2.70. The van der Waals surface area contributed by atoms with E-state index in [4.69, 9.17) is 4.74 Å². The van der Waals surface area contributed by atoms with Gasteiger partial charge >= 0.3 is 0 Å². The van der Waals surface area contributed by atoms with Gasteiger partial charge < -0.3 is 10.1 Å². The van der Waals surface area contributed by atoms with Crippen molar-refractivity contribution in [3.05, 3.63) is 65.2 Å². The van der Waals surface area contributed by atoms with Gasteiger partial charge in [-0.05, 0) is 42.6 Å². The summed E-state index contributed by atoms with van der Waals surface area (Å²) < 4.78 is 6.02. The number of nitrogens with one attached hydrogen (secondary N) is 1. The summed E-state index contributed by atoms with van der Waals surface area (Å²) in [6, 6.07) is 17.4. The molecule has 1 N–H and O–H groups in total. The van der Waals surface area contributed by atoms with Gasteiger partial charge in [-0.2, -0.15) is 0 Å². The van der Waals surface area contributed by atoms with Crippen LogP contribution in [0, 0.1) is 0 Å². The van der Waals surface area contributed by atoms with Crippen molar-refractivity contribution in [2.45, 2.75) is 25.3 Å². The van der Waals surface area contributed by atoms with Crippen LogP contribution in [-0.2, 0) is 12.8 Å². The fraction of sp³-hybridized carbons (Fsp3) is 0.333. The summed E-state index contributed by atoms with van der Waals surface area (Å²) in [4.78, 5) is 0. The van der Waals surface area contributed by atoms with E-state index in [1.165, 1.54) is 23.1 Å². The maximum absolute atomic E-state index is 6.02. The van der Waals surface area contributed by atoms with Gasteiger partial charge in [0.15, 0.2) is 0 Å². The third-order valence-corrected chi connectivity index (χ3v) is 4.07. The first-order valence-corrected chi connectivity index (χ1v) is 7.34. The van der Waals surface area contributed by atoms with Gasteiger partial charge in [-0.15, -0.1) is 0 Å². The van der Waals surface area contributed by atoms with E-state index in [9.17, 15) is 0 Å². The van der Waals surface area contributed by atoms with Gasteiger partial charge in [-0.25, -0.2) is 0 Å². The normalized spacial score (nSPS) is 16.9. The topological polar surface area (TPSA) is 21.3 Å². The maximum atomic E-state index is 6.02. The van der Waals surface area contributed by atoms with E-state index in [0.717, 1.165) is 25.2 Å². The zero-order chi connectivity index (χ0) is 13.8. The molecule has 0 amide bonds. The minimum absolute atomic E-state index is 0.489. The molecule has 2 aromatic rings. The molecule has 0 saturated carbocycles. The van der Waals surface area contributed by atoms with E-state index in [1.807, 2.05) is 13.1 Å². The van der Waals surface area contributed by atoms with Gasteiger partial charge in [-0.1, -0.05) is 42.5 Å². The second-order valence-electron chi connectivity index (χ2n) is 5.29. The fourth-order valence-corrected chi connectivity index (χ4v) is 2.98. The molecule has 0 saturated heterocycles. The van der Waals surface area contributed by atoms with Crippen LogP contribution in [0.1, 0.15) is 29.2 Å². The van der Waals surface area contributed by atoms with Crippen molar-refractivity contribution in [2.24, 2.45) is 0 Å². The Bertz CT molecular complexity index is 565. The van der Waals surface area contributed by atoms with Crippen LogP contribution in [-0.4, -0.2) is 13.7 Å². The number of hydrogen-bond donors (Lipinski definition) is 1. The summed E-state index contributed by atoms with van der Waals surface area (Å²) in [7, 11) is 2.03. The van der Waals surface area contributed by atoms with Gasteiger partial charge in [0.1, 0.15) is 5.75 Å². The van der Waals surface area contributed by atoms with Crippen molar-refractivity contribution in [2.75, 3.05) is 13.7 Å². The van der Waals surface area contributed by atoms with E-state index in [1.54, 1.807) is 0 Å². The summed E-state index contributed by atoms with van der Waals surface area (Å²) in [5.74, 6) is 1.07. The molecule has 3 rings (SSSR count). The number of hydrogen-bond acceptors (Lipinski definition) is 2. The molecule has 0 spiro atoms. The Morgan fingerprint density at radius 3 is 2.75 bits per heavy atom. The average molecular weight is 267 g/mol. The lowest BCUT2D eigenvalue weighted by Gasteiger charge is -2.13. The van der Waals surface area contributed by atoms with Gasteiger partial charge in [0.25, 0.3) is 0 Å². The highest BCUT2D eigenvalue weighted by molar-refractivity contribution is 5.45. The van der Waals surface area contributed by atoms with E-state index in [2.05, 4.69) is 47.8 Å². The van der Waals surface area contributed by atoms with Crippen LogP contribution < -0.4 is 10.1 Å². The Morgan fingerprint density at radius 2 is 1.95 bits per heavy atom. The monoisotopic (exact) mass is 267 g/mol. The van der Waals surface area contributed by atoms with Gasteiger partial charge in [0, 0.05) is 12.5 Å². The largest absolute Gasteiger partial charge is 0.493 e. The Kier molecular flexibility index (Phi) is 4.03. The second kappa shape index (κ2) is 6.10. The predicted molar refractivity (Wildman–Crippen MR) is 82.2 cm³/mol. The lowest BCUT2D eigenvalue weighted by Crippen LogP contribution is -2.12. The van der Waals surface area contributed by atoms with Crippen molar-refractivity contribution in [3.8, 4) is 5.75 Å². The molecule has 0 aromatic heterocycles. The van der Waals surface area contributed by atoms with Crippen molar-refractivity contribution < 1.29 is 4.74 Å². The summed E-state index contributed by atoms with van der Waals surface area (Å²) in [6.45, 7) is 0.741. The number of rotatable bonds is 5. The van der Waals surface area contributed by atoms with E-state index < -0.39 is 0 Å². The van der Waals surface area contributed by atoms with Crippen molar-refractivity contribution in [1.82, 2.24) is 5.32 Å². The molecule has 1 atom stereocenters. The van der Waals surface area contributed by atoms with Crippen LogP contribution in [0.25, 0.3) is 0 Å². The molecule has 1 aliphatic rings. The third-order valence-electron chi connectivity index (χ3n) is 4.07. The fourth-order valence-electron chi connectivity index (χ4n) is 2.98. The maximum Gasteiger partial charge on any atom is 0.122 e. The standard InChI is InChI=1S/C18H21NO/c1-19-17-11-10-16-15(17)8-5-9-18(16)20-13-12-14-6-3-2-4-7-14/h2-9,17,19H,10-13H2,1H3. The SMILES string of the molecule is CNC1CCc2c(OCCc3ccccc3)cccc21. The number of benzene rings is 2. The molecule has 1 aliphatic carbocycles. The minimum Gasteiger partial charge on any atom is -0.493 e. The summed E-state index contributed by atoms with van der Waals surface area (Å²) in [5.41, 5.74) is 4.12. The molecule has 1 unspecified atom stereocenters. The van der Waals surface area contributed by atoms with Gasteiger partial charge in [0.2, 0.25) is 0 Å².